The second kappa shape index (κ2) is 4.76. The molecule has 0 saturated heterocycles. The number of aliphatic carboxylic acids is 1. The number of benzene rings is 1. The van der Waals surface area contributed by atoms with Gasteiger partial charge in [-0.2, -0.15) is 0 Å². The Morgan fingerprint density at radius 3 is 2.83 bits per heavy atom. The zero-order valence-corrected chi connectivity index (χ0v) is 9.80. The van der Waals surface area contributed by atoms with E-state index in [9.17, 15) is 9.59 Å². The Morgan fingerprint density at radius 2 is 2.11 bits per heavy atom. The molecule has 0 aliphatic heterocycles. The third-order valence-corrected chi connectivity index (χ3v) is 2.56. The molecule has 0 aliphatic carbocycles. The summed E-state index contributed by atoms with van der Waals surface area (Å²) in [6.45, 7) is 0. The number of aryl methyl sites for hydroxylation is 1. The molecule has 2 aromatic rings. The number of hydrogen-bond acceptors (Lipinski definition) is 2. The molecule has 0 saturated carbocycles. The van der Waals surface area contributed by atoms with Crippen LogP contribution in [0.4, 0.5) is 0 Å². The van der Waals surface area contributed by atoms with Gasteiger partial charge in [0, 0.05) is 18.6 Å². The highest BCUT2D eigenvalue weighted by molar-refractivity contribution is 5.80. The molecule has 0 spiro atoms. The summed E-state index contributed by atoms with van der Waals surface area (Å²) < 4.78 is 1.81. The fraction of sp³-hybridized carbons (Fsp3) is 0.143. The Morgan fingerprint density at radius 1 is 1.39 bits per heavy atom. The van der Waals surface area contributed by atoms with Crippen molar-refractivity contribution in [2.24, 2.45) is 7.05 Å². The van der Waals surface area contributed by atoms with Crippen molar-refractivity contribution in [2.45, 2.75) is 6.42 Å². The van der Waals surface area contributed by atoms with E-state index in [1.54, 1.807) is 18.3 Å². The van der Waals surface area contributed by atoms with Crippen LogP contribution >= 0.6 is 0 Å². The van der Waals surface area contributed by atoms with Gasteiger partial charge >= 0.3 is 5.97 Å². The predicted octanol–water partition coefficient (Wildman–Crippen LogP) is 1.36. The van der Waals surface area contributed by atoms with E-state index in [0.717, 1.165) is 5.52 Å². The van der Waals surface area contributed by atoms with Gasteiger partial charge in [-0.3, -0.25) is 9.59 Å². The van der Waals surface area contributed by atoms with Gasteiger partial charge < -0.3 is 9.67 Å². The van der Waals surface area contributed by atoms with E-state index in [2.05, 4.69) is 11.8 Å². The highest BCUT2D eigenvalue weighted by atomic mass is 16.4. The molecule has 1 aromatic carbocycles. The molecule has 0 amide bonds. The first-order valence-electron chi connectivity index (χ1n) is 5.38. The number of fused-ring (bicyclic) bond motifs is 1. The first-order valence-corrected chi connectivity index (χ1v) is 5.38. The topological polar surface area (TPSA) is 59.3 Å². The standard InChI is InChI=1S/C14H11NO3/c1-15-9-10(5-4-8-13(16)17)14(18)11-6-2-3-7-12(11)15/h2-3,6-7,9H,8H2,1H3,(H,16,17). The van der Waals surface area contributed by atoms with Crippen molar-refractivity contribution < 1.29 is 9.90 Å². The van der Waals surface area contributed by atoms with E-state index in [0.29, 0.717) is 10.9 Å². The van der Waals surface area contributed by atoms with Crippen molar-refractivity contribution >= 4 is 16.9 Å². The normalized spacial score (nSPS) is 9.83. The minimum absolute atomic E-state index is 0.165. The number of nitrogens with zero attached hydrogens (tertiary/aromatic N) is 1. The molecular formula is C14H11NO3. The zero-order valence-electron chi connectivity index (χ0n) is 9.80. The summed E-state index contributed by atoms with van der Waals surface area (Å²) in [4.78, 5) is 22.5. The van der Waals surface area contributed by atoms with Crippen LogP contribution < -0.4 is 5.43 Å². The molecule has 2 rings (SSSR count). The van der Waals surface area contributed by atoms with Gasteiger partial charge in [-0.15, -0.1) is 0 Å². The molecule has 1 aromatic heterocycles. The third-order valence-electron chi connectivity index (χ3n) is 2.56. The van der Waals surface area contributed by atoms with E-state index < -0.39 is 5.97 Å². The molecule has 4 heteroatoms. The lowest BCUT2D eigenvalue weighted by Gasteiger charge is -2.05. The maximum atomic E-state index is 12.1. The summed E-state index contributed by atoms with van der Waals surface area (Å²) in [5.41, 5.74) is 0.977. The van der Waals surface area contributed by atoms with Gasteiger partial charge in [-0.1, -0.05) is 24.0 Å². The van der Waals surface area contributed by atoms with Crippen LogP contribution in [0.15, 0.2) is 35.3 Å². The zero-order chi connectivity index (χ0) is 13.1. The molecule has 4 nitrogen and oxygen atoms in total. The molecule has 0 atom stereocenters. The van der Waals surface area contributed by atoms with E-state index in [1.807, 2.05) is 23.7 Å². The lowest BCUT2D eigenvalue weighted by atomic mass is 10.1. The molecule has 0 fully saturated rings. The predicted molar refractivity (Wildman–Crippen MR) is 68.3 cm³/mol. The number of rotatable bonds is 1. The van der Waals surface area contributed by atoms with E-state index in [1.165, 1.54) is 0 Å². The summed E-state index contributed by atoms with van der Waals surface area (Å²) in [7, 11) is 1.82. The van der Waals surface area contributed by atoms with Gasteiger partial charge in [-0.25, -0.2) is 0 Å². The van der Waals surface area contributed by atoms with Crippen LogP contribution in [0.1, 0.15) is 12.0 Å². The molecule has 1 N–H and O–H groups in total. The van der Waals surface area contributed by atoms with Crippen LogP contribution in [0.3, 0.4) is 0 Å². The number of pyridine rings is 1. The van der Waals surface area contributed by atoms with E-state index in [4.69, 9.17) is 5.11 Å². The Balaban J connectivity index is 2.59. The van der Waals surface area contributed by atoms with Crippen LogP contribution in [-0.4, -0.2) is 15.6 Å². The maximum absolute atomic E-state index is 12.1. The van der Waals surface area contributed by atoms with Crippen molar-refractivity contribution in [3.05, 3.63) is 46.2 Å². The minimum Gasteiger partial charge on any atom is -0.481 e. The quantitative estimate of drug-likeness (QED) is 0.767. The maximum Gasteiger partial charge on any atom is 0.315 e. The van der Waals surface area contributed by atoms with E-state index >= 15 is 0 Å². The fourth-order valence-electron chi connectivity index (χ4n) is 1.74. The lowest BCUT2D eigenvalue weighted by molar-refractivity contribution is -0.135. The van der Waals surface area contributed by atoms with Crippen molar-refractivity contribution in [1.29, 1.82) is 0 Å². The van der Waals surface area contributed by atoms with Crippen molar-refractivity contribution in [1.82, 2.24) is 4.57 Å². The molecule has 90 valence electrons. The monoisotopic (exact) mass is 241 g/mol. The number of hydrogen-bond donors (Lipinski definition) is 1. The van der Waals surface area contributed by atoms with Gasteiger partial charge in [0.2, 0.25) is 5.43 Å². The first-order chi connectivity index (χ1) is 8.59. The second-order valence-corrected chi connectivity index (χ2v) is 3.87. The SMILES string of the molecule is Cn1cc(C#CCC(=O)O)c(=O)c2ccccc21. The largest absolute Gasteiger partial charge is 0.481 e. The number of aromatic nitrogens is 1. The van der Waals surface area contributed by atoms with Crippen LogP contribution in [0.2, 0.25) is 0 Å². The molecule has 0 aliphatic rings. The smallest absolute Gasteiger partial charge is 0.315 e. The number of carboxylic acids is 1. The number of carboxylic acid groups (broad SMARTS) is 1. The highest BCUT2D eigenvalue weighted by Gasteiger charge is 2.04. The van der Waals surface area contributed by atoms with Crippen molar-refractivity contribution in [3.8, 4) is 11.8 Å². The molecule has 0 bridgehead atoms. The lowest BCUT2D eigenvalue weighted by Crippen LogP contribution is -2.10. The second-order valence-electron chi connectivity index (χ2n) is 3.87. The van der Waals surface area contributed by atoms with E-state index in [-0.39, 0.29) is 11.8 Å². The summed E-state index contributed by atoms with van der Waals surface area (Å²) in [5, 5.41) is 9.09. The van der Waals surface area contributed by atoms with Crippen LogP contribution in [0, 0.1) is 11.8 Å². The molecule has 18 heavy (non-hydrogen) atoms. The highest BCUT2D eigenvalue weighted by Crippen LogP contribution is 2.09. The Labute approximate surface area is 103 Å². The van der Waals surface area contributed by atoms with Gasteiger partial charge in [0.05, 0.1) is 11.1 Å². The average Bonchev–Trinajstić information content (AvgIpc) is 2.35. The van der Waals surface area contributed by atoms with Gasteiger partial charge in [-0.05, 0) is 12.1 Å². The summed E-state index contributed by atoms with van der Waals surface area (Å²) in [6.07, 6.45) is 1.36. The molecule has 1 heterocycles. The average molecular weight is 241 g/mol. The van der Waals surface area contributed by atoms with Crippen LogP contribution in [0.5, 0.6) is 0 Å². The Bertz CT molecular complexity index is 732. The van der Waals surface area contributed by atoms with Gasteiger partial charge in [0.1, 0.15) is 6.42 Å². The fourth-order valence-corrected chi connectivity index (χ4v) is 1.74. The molecular weight excluding hydrogens is 230 g/mol. The minimum atomic E-state index is -1.000. The molecule has 0 radical (unpaired) electrons. The van der Waals surface area contributed by atoms with Crippen molar-refractivity contribution in [3.63, 3.8) is 0 Å². The summed E-state index contributed by atoms with van der Waals surface area (Å²) in [5.74, 6) is 4.08. The first kappa shape index (κ1) is 11.9. The molecule has 0 unspecified atom stereocenters. The number of para-hydroxylation sites is 1. The summed E-state index contributed by atoms with van der Waals surface area (Å²) >= 11 is 0. The Hall–Kier alpha value is -2.54. The Kier molecular flexibility index (Phi) is 3.16. The van der Waals surface area contributed by atoms with Crippen LogP contribution in [-0.2, 0) is 11.8 Å². The van der Waals surface area contributed by atoms with Crippen LogP contribution in [0.25, 0.3) is 10.9 Å². The van der Waals surface area contributed by atoms with Gasteiger partial charge in [0.25, 0.3) is 0 Å². The van der Waals surface area contributed by atoms with Crippen molar-refractivity contribution in [2.75, 3.05) is 0 Å². The third kappa shape index (κ3) is 2.25. The van der Waals surface area contributed by atoms with Gasteiger partial charge in [0.15, 0.2) is 0 Å². The number of carbonyl (C=O) groups is 1. The summed E-state index contributed by atoms with van der Waals surface area (Å²) in [6, 6.07) is 7.24.